The zero-order chi connectivity index (χ0) is 16.2. The highest BCUT2D eigenvalue weighted by Crippen LogP contribution is 2.38. The number of ether oxygens (including phenoxy) is 1. The highest BCUT2D eigenvalue weighted by atomic mass is 19.4. The van der Waals surface area contributed by atoms with Crippen LogP contribution in [0.25, 0.3) is 0 Å². The van der Waals surface area contributed by atoms with Gasteiger partial charge in [0.25, 0.3) is 0 Å². The number of rotatable bonds is 4. The quantitative estimate of drug-likeness (QED) is 0.867. The molecule has 22 heavy (non-hydrogen) atoms. The van der Waals surface area contributed by atoms with Crippen LogP contribution in [0.3, 0.4) is 0 Å². The molecule has 1 atom stereocenters. The molecule has 3 nitrogen and oxygen atoms in total. The van der Waals surface area contributed by atoms with Gasteiger partial charge in [0.15, 0.2) is 0 Å². The molecule has 1 fully saturated rings. The third-order valence-electron chi connectivity index (χ3n) is 4.03. The van der Waals surface area contributed by atoms with Crippen LogP contribution < -0.4 is 5.32 Å². The lowest BCUT2D eigenvalue weighted by molar-refractivity contribution is -0.157. The second kappa shape index (κ2) is 6.69. The van der Waals surface area contributed by atoms with Crippen LogP contribution in [-0.4, -0.2) is 25.7 Å². The molecule has 1 aliphatic heterocycles. The van der Waals surface area contributed by atoms with E-state index in [0.29, 0.717) is 13.0 Å². The largest absolute Gasteiger partial charge is 0.466 e. The first-order chi connectivity index (χ1) is 10.4. The molecule has 0 radical (unpaired) electrons. The summed E-state index contributed by atoms with van der Waals surface area (Å²) in [5.41, 5.74) is -1.45. The lowest BCUT2D eigenvalue weighted by Crippen LogP contribution is -2.48. The van der Waals surface area contributed by atoms with Crippen LogP contribution >= 0.6 is 0 Å². The van der Waals surface area contributed by atoms with E-state index in [0.717, 1.165) is 19.0 Å². The Balaban J connectivity index is 2.34. The predicted octanol–water partition coefficient (Wildman–Crippen LogP) is 3.18. The molecule has 1 unspecified atom stereocenters. The summed E-state index contributed by atoms with van der Waals surface area (Å²) in [6, 6.07) is 5.44. The van der Waals surface area contributed by atoms with E-state index in [9.17, 15) is 18.0 Å². The first-order valence-corrected chi connectivity index (χ1v) is 7.42. The van der Waals surface area contributed by atoms with Crippen molar-refractivity contribution < 1.29 is 22.7 Å². The summed E-state index contributed by atoms with van der Waals surface area (Å²) in [6.07, 6.45) is -3.11. The van der Waals surface area contributed by atoms with Crippen molar-refractivity contribution >= 4 is 5.97 Å². The average molecular weight is 315 g/mol. The number of benzene rings is 1. The van der Waals surface area contributed by atoms with Gasteiger partial charge >= 0.3 is 12.1 Å². The van der Waals surface area contributed by atoms with Crippen LogP contribution in [0.15, 0.2) is 24.3 Å². The molecule has 0 aromatic heterocycles. The summed E-state index contributed by atoms with van der Waals surface area (Å²) >= 11 is 0. The number of hydrogen-bond acceptors (Lipinski definition) is 3. The summed E-state index contributed by atoms with van der Waals surface area (Å²) in [4.78, 5) is 12.3. The predicted molar refractivity (Wildman–Crippen MR) is 76.3 cm³/mol. The highest BCUT2D eigenvalue weighted by molar-refractivity contribution is 5.78. The molecule has 1 aromatic rings. The summed E-state index contributed by atoms with van der Waals surface area (Å²) in [7, 11) is 0. The minimum Gasteiger partial charge on any atom is -0.466 e. The van der Waals surface area contributed by atoms with Crippen molar-refractivity contribution in [3.63, 3.8) is 0 Å². The van der Waals surface area contributed by atoms with Gasteiger partial charge in [-0.2, -0.15) is 13.2 Å². The Bertz CT molecular complexity index is 522. The fourth-order valence-electron chi connectivity index (χ4n) is 2.96. The van der Waals surface area contributed by atoms with Crippen LogP contribution in [0, 0.1) is 5.41 Å². The highest BCUT2D eigenvalue weighted by Gasteiger charge is 2.43. The summed E-state index contributed by atoms with van der Waals surface area (Å²) < 4.78 is 44.6. The standard InChI is InChI=1S/C16H20F3NO2/c1-2-22-14(21)15(8-5-9-20-11-15)10-12-6-3-4-7-13(12)16(17,18)19/h3-4,6-7,20H,2,5,8-11H2,1H3. The minimum atomic E-state index is -4.42. The van der Waals surface area contributed by atoms with E-state index < -0.39 is 23.1 Å². The van der Waals surface area contributed by atoms with Crippen molar-refractivity contribution in [1.82, 2.24) is 5.32 Å². The Kier molecular flexibility index (Phi) is 5.11. The van der Waals surface area contributed by atoms with E-state index in [-0.39, 0.29) is 18.6 Å². The number of nitrogens with one attached hydrogen (secondary N) is 1. The van der Waals surface area contributed by atoms with E-state index in [4.69, 9.17) is 4.74 Å². The number of carbonyl (C=O) groups excluding carboxylic acids is 1. The Morgan fingerprint density at radius 1 is 1.36 bits per heavy atom. The molecule has 122 valence electrons. The van der Waals surface area contributed by atoms with Gasteiger partial charge in [0, 0.05) is 6.54 Å². The van der Waals surface area contributed by atoms with Gasteiger partial charge in [0.05, 0.1) is 17.6 Å². The molecule has 0 saturated carbocycles. The molecule has 0 aliphatic carbocycles. The minimum absolute atomic E-state index is 0.0362. The van der Waals surface area contributed by atoms with Gasteiger partial charge in [-0.25, -0.2) is 0 Å². The van der Waals surface area contributed by atoms with Gasteiger partial charge in [-0.05, 0) is 44.4 Å². The SMILES string of the molecule is CCOC(=O)C1(Cc2ccccc2C(F)(F)F)CCCNC1. The number of alkyl halides is 3. The van der Waals surface area contributed by atoms with E-state index in [1.165, 1.54) is 12.1 Å². The number of carbonyl (C=O) groups is 1. The zero-order valence-corrected chi connectivity index (χ0v) is 12.5. The molecule has 1 aromatic carbocycles. The van der Waals surface area contributed by atoms with Gasteiger partial charge in [-0.15, -0.1) is 0 Å². The van der Waals surface area contributed by atoms with E-state index in [2.05, 4.69) is 5.32 Å². The van der Waals surface area contributed by atoms with Crippen molar-refractivity contribution in [1.29, 1.82) is 0 Å². The van der Waals surface area contributed by atoms with E-state index in [1.54, 1.807) is 13.0 Å². The van der Waals surface area contributed by atoms with Gasteiger partial charge in [-0.3, -0.25) is 4.79 Å². The normalized spacial score (nSPS) is 22.4. The smallest absolute Gasteiger partial charge is 0.416 e. The first-order valence-electron chi connectivity index (χ1n) is 7.42. The first kappa shape index (κ1) is 16.8. The number of piperidine rings is 1. The Morgan fingerprint density at radius 2 is 2.09 bits per heavy atom. The number of esters is 1. The van der Waals surface area contributed by atoms with Gasteiger partial charge < -0.3 is 10.1 Å². The average Bonchev–Trinajstić information content (AvgIpc) is 2.48. The molecule has 0 spiro atoms. The Labute approximate surface area is 127 Å². The summed E-state index contributed by atoms with van der Waals surface area (Å²) in [5.74, 6) is -0.417. The molecular weight excluding hydrogens is 295 g/mol. The van der Waals surface area contributed by atoms with Gasteiger partial charge in [-0.1, -0.05) is 18.2 Å². The maximum Gasteiger partial charge on any atom is 0.416 e. The lowest BCUT2D eigenvalue weighted by atomic mass is 9.75. The number of hydrogen-bond donors (Lipinski definition) is 1. The van der Waals surface area contributed by atoms with Crippen molar-refractivity contribution in [2.24, 2.45) is 5.41 Å². The molecule has 6 heteroatoms. The molecule has 2 rings (SSSR count). The topological polar surface area (TPSA) is 38.3 Å². The van der Waals surface area contributed by atoms with Crippen molar-refractivity contribution in [3.05, 3.63) is 35.4 Å². The van der Waals surface area contributed by atoms with Crippen LogP contribution in [0.2, 0.25) is 0 Å². The van der Waals surface area contributed by atoms with E-state index >= 15 is 0 Å². The fourth-order valence-corrected chi connectivity index (χ4v) is 2.96. The van der Waals surface area contributed by atoms with Crippen molar-refractivity contribution in [2.45, 2.75) is 32.4 Å². The fraction of sp³-hybridized carbons (Fsp3) is 0.562. The van der Waals surface area contributed by atoms with Crippen molar-refractivity contribution in [3.8, 4) is 0 Å². The Hall–Kier alpha value is -1.56. The third kappa shape index (κ3) is 3.61. The number of halogens is 3. The molecule has 1 N–H and O–H groups in total. The molecule has 1 saturated heterocycles. The molecular formula is C16H20F3NO2. The third-order valence-corrected chi connectivity index (χ3v) is 4.03. The van der Waals surface area contributed by atoms with Crippen LogP contribution in [-0.2, 0) is 22.1 Å². The van der Waals surface area contributed by atoms with Crippen LogP contribution in [0.5, 0.6) is 0 Å². The Morgan fingerprint density at radius 3 is 2.68 bits per heavy atom. The molecule has 0 bridgehead atoms. The molecule has 1 heterocycles. The second-order valence-electron chi connectivity index (χ2n) is 5.61. The second-order valence-corrected chi connectivity index (χ2v) is 5.61. The van der Waals surface area contributed by atoms with Gasteiger partial charge in [0.2, 0.25) is 0 Å². The maximum absolute atomic E-state index is 13.1. The van der Waals surface area contributed by atoms with Crippen molar-refractivity contribution in [2.75, 3.05) is 19.7 Å². The maximum atomic E-state index is 13.1. The summed E-state index contributed by atoms with van der Waals surface area (Å²) in [5, 5.41) is 3.11. The monoisotopic (exact) mass is 315 g/mol. The summed E-state index contributed by atoms with van der Waals surface area (Å²) in [6.45, 7) is 3.03. The molecule has 1 aliphatic rings. The van der Waals surface area contributed by atoms with Gasteiger partial charge in [0.1, 0.15) is 0 Å². The van der Waals surface area contributed by atoms with Crippen LogP contribution in [0.1, 0.15) is 30.9 Å². The van der Waals surface area contributed by atoms with E-state index in [1.807, 2.05) is 0 Å². The van der Waals surface area contributed by atoms with Crippen LogP contribution in [0.4, 0.5) is 13.2 Å². The zero-order valence-electron chi connectivity index (χ0n) is 12.5. The molecule has 0 amide bonds. The lowest BCUT2D eigenvalue weighted by Gasteiger charge is -2.36.